The SMILES string of the molecule is COc1ccc(C2NC(=O)N=C2N)cc1Br. The molecule has 84 valence electrons. The quantitative estimate of drug-likeness (QED) is 0.865. The van der Waals surface area contributed by atoms with Gasteiger partial charge < -0.3 is 15.8 Å². The molecule has 1 atom stereocenters. The topological polar surface area (TPSA) is 76.7 Å². The van der Waals surface area contributed by atoms with Gasteiger partial charge in [0, 0.05) is 0 Å². The number of carbonyl (C=O) groups excluding carboxylic acids is 1. The maximum absolute atomic E-state index is 11.0. The summed E-state index contributed by atoms with van der Waals surface area (Å²) in [5, 5.41) is 2.66. The van der Waals surface area contributed by atoms with Crippen LogP contribution >= 0.6 is 15.9 Å². The number of aliphatic imine (C=N–C) groups is 1. The Bertz CT molecular complexity index is 473. The van der Waals surface area contributed by atoms with E-state index in [9.17, 15) is 4.79 Å². The Balaban J connectivity index is 2.32. The summed E-state index contributed by atoms with van der Waals surface area (Å²) in [5.74, 6) is 1.01. The number of nitrogens with zero attached hydrogens (tertiary/aromatic N) is 1. The Morgan fingerprint density at radius 2 is 2.31 bits per heavy atom. The second-order valence-electron chi connectivity index (χ2n) is 3.31. The molecule has 0 saturated carbocycles. The Labute approximate surface area is 101 Å². The minimum Gasteiger partial charge on any atom is -0.496 e. The molecular weight excluding hydrogens is 274 g/mol. The molecule has 0 fully saturated rings. The van der Waals surface area contributed by atoms with Gasteiger partial charge in [-0.25, -0.2) is 4.79 Å². The summed E-state index contributed by atoms with van der Waals surface area (Å²) in [4.78, 5) is 14.6. The molecule has 0 aromatic heterocycles. The fraction of sp³-hybridized carbons (Fsp3) is 0.200. The van der Waals surface area contributed by atoms with E-state index >= 15 is 0 Å². The Morgan fingerprint density at radius 3 is 2.81 bits per heavy atom. The lowest BCUT2D eigenvalue weighted by molar-refractivity contribution is 0.250. The monoisotopic (exact) mass is 283 g/mol. The first-order chi connectivity index (χ1) is 7.61. The van der Waals surface area contributed by atoms with Crippen LogP contribution in [-0.2, 0) is 0 Å². The highest BCUT2D eigenvalue weighted by Gasteiger charge is 2.25. The number of ether oxygens (including phenoxy) is 1. The van der Waals surface area contributed by atoms with E-state index in [1.54, 1.807) is 13.2 Å². The van der Waals surface area contributed by atoms with Crippen molar-refractivity contribution in [2.75, 3.05) is 7.11 Å². The molecule has 16 heavy (non-hydrogen) atoms. The maximum atomic E-state index is 11.0. The van der Waals surface area contributed by atoms with E-state index in [-0.39, 0.29) is 11.9 Å². The van der Waals surface area contributed by atoms with E-state index in [1.807, 2.05) is 12.1 Å². The number of halogens is 1. The minimum absolute atomic E-state index is 0.280. The highest BCUT2D eigenvalue weighted by atomic mass is 79.9. The molecule has 2 rings (SSSR count). The summed E-state index contributed by atoms with van der Waals surface area (Å²) in [6, 6.07) is 4.72. The van der Waals surface area contributed by atoms with Crippen LogP contribution in [0.3, 0.4) is 0 Å². The predicted molar refractivity (Wildman–Crippen MR) is 63.6 cm³/mol. The number of rotatable bonds is 2. The normalized spacial score (nSPS) is 19.2. The van der Waals surface area contributed by atoms with Gasteiger partial charge >= 0.3 is 6.03 Å². The van der Waals surface area contributed by atoms with Crippen LogP contribution in [0.1, 0.15) is 11.6 Å². The first kappa shape index (κ1) is 10.9. The van der Waals surface area contributed by atoms with Crippen molar-refractivity contribution in [2.45, 2.75) is 6.04 Å². The van der Waals surface area contributed by atoms with Gasteiger partial charge in [-0.2, -0.15) is 4.99 Å². The smallest absolute Gasteiger partial charge is 0.343 e. The second-order valence-corrected chi connectivity index (χ2v) is 4.17. The number of amidine groups is 1. The fourth-order valence-corrected chi connectivity index (χ4v) is 2.09. The van der Waals surface area contributed by atoms with Crippen LogP contribution in [-0.4, -0.2) is 19.0 Å². The molecule has 0 saturated heterocycles. The van der Waals surface area contributed by atoms with Gasteiger partial charge in [-0.3, -0.25) is 0 Å². The van der Waals surface area contributed by atoms with Crippen molar-refractivity contribution in [3.8, 4) is 5.75 Å². The van der Waals surface area contributed by atoms with E-state index in [1.165, 1.54) is 0 Å². The number of amides is 2. The van der Waals surface area contributed by atoms with Crippen molar-refractivity contribution >= 4 is 27.8 Å². The average molecular weight is 284 g/mol. The van der Waals surface area contributed by atoms with Crippen LogP contribution in [0.25, 0.3) is 0 Å². The Kier molecular flexibility index (Phi) is 2.82. The van der Waals surface area contributed by atoms with Crippen molar-refractivity contribution in [3.05, 3.63) is 28.2 Å². The minimum atomic E-state index is -0.408. The number of hydrogen-bond acceptors (Lipinski definition) is 3. The van der Waals surface area contributed by atoms with Gasteiger partial charge in [-0.15, -0.1) is 0 Å². The number of carbonyl (C=O) groups is 1. The molecule has 3 N–H and O–H groups in total. The van der Waals surface area contributed by atoms with Gasteiger partial charge in [0.1, 0.15) is 17.6 Å². The van der Waals surface area contributed by atoms with E-state index in [2.05, 4.69) is 26.2 Å². The summed E-state index contributed by atoms with van der Waals surface area (Å²) < 4.78 is 5.92. The zero-order valence-electron chi connectivity index (χ0n) is 8.53. The van der Waals surface area contributed by atoms with Crippen LogP contribution in [0.5, 0.6) is 5.75 Å². The maximum Gasteiger partial charge on any atom is 0.343 e. The molecular formula is C10H10BrN3O2. The van der Waals surface area contributed by atoms with E-state index < -0.39 is 6.03 Å². The second kappa shape index (κ2) is 4.13. The first-order valence-corrected chi connectivity index (χ1v) is 5.39. The summed E-state index contributed by atoms with van der Waals surface area (Å²) in [6.45, 7) is 0. The Hall–Kier alpha value is -1.56. The molecule has 2 amide bonds. The third kappa shape index (κ3) is 1.88. The van der Waals surface area contributed by atoms with Crippen LogP contribution in [0.2, 0.25) is 0 Å². The van der Waals surface area contributed by atoms with Gasteiger partial charge in [0.2, 0.25) is 0 Å². The molecule has 0 aliphatic carbocycles. The van der Waals surface area contributed by atoms with E-state index in [4.69, 9.17) is 10.5 Å². The molecule has 0 radical (unpaired) electrons. The van der Waals surface area contributed by atoms with E-state index in [0.29, 0.717) is 0 Å². The van der Waals surface area contributed by atoms with Gasteiger partial charge in [0.05, 0.1) is 11.6 Å². The molecule has 1 aliphatic heterocycles. The fourth-order valence-electron chi connectivity index (χ4n) is 1.53. The highest BCUT2D eigenvalue weighted by Crippen LogP contribution is 2.29. The van der Waals surface area contributed by atoms with Crippen molar-refractivity contribution in [3.63, 3.8) is 0 Å². The number of nitrogens with one attached hydrogen (secondary N) is 1. The molecule has 5 nitrogen and oxygen atoms in total. The third-order valence-corrected chi connectivity index (χ3v) is 2.92. The zero-order chi connectivity index (χ0) is 11.7. The largest absolute Gasteiger partial charge is 0.496 e. The Morgan fingerprint density at radius 1 is 1.56 bits per heavy atom. The van der Waals surface area contributed by atoms with Gasteiger partial charge in [0.15, 0.2) is 0 Å². The zero-order valence-corrected chi connectivity index (χ0v) is 10.1. The number of methoxy groups -OCH3 is 1. The van der Waals surface area contributed by atoms with Crippen molar-refractivity contribution in [2.24, 2.45) is 10.7 Å². The standard InChI is InChI=1S/C10H10BrN3O2/c1-16-7-3-2-5(4-6(7)11)8-9(12)14-10(15)13-8/h2-4,8H,1H3,(H3,12,13,14,15). The van der Waals surface area contributed by atoms with Crippen LogP contribution < -0.4 is 15.8 Å². The molecule has 1 unspecified atom stereocenters. The summed E-state index contributed by atoms with van der Waals surface area (Å²) in [7, 11) is 1.59. The molecule has 1 heterocycles. The number of benzene rings is 1. The van der Waals surface area contributed by atoms with Crippen LogP contribution in [0.4, 0.5) is 4.79 Å². The highest BCUT2D eigenvalue weighted by molar-refractivity contribution is 9.10. The summed E-state index contributed by atoms with van der Waals surface area (Å²) >= 11 is 3.37. The molecule has 0 bridgehead atoms. The van der Waals surface area contributed by atoms with Crippen molar-refractivity contribution in [1.29, 1.82) is 0 Å². The molecule has 1 aromatic carbocycles. The lowest BCUT2D eigenvalue weighted by Gasteiger charge is -2.12. The van der Waals surface area contributed by atoms with Crippen LogP contribution in [0.15, 0.2) is 27.7 Å². The number of nitrogens with two attached hydrogens (primary N) is 1. The first-order valence-electron chi connectivity index (χ1n) is 4.60. The lowest BCUT2D eigenvalue weighted by Crippen LogP contribution is -2.27. The average Bonchev–Trinajstić information content (AvgIpc) is 2.58. The van der Waals surface area contributed by atoms with Crippen LogP contribution in [0, 0.1) is 0 Å². The summed E-state index contributed by atoms with van der Waals surface area (Å²) in [5.41, 5.74) is 6.50. The molecule has 6 heteroatoms. The number of urea groups is 1. The number of hydrogen-bond donors (Lipinski definition) is 2. The lowest BCUT2D eigenvalue weighted by atomic mass is 10.1. The molecule has 0 spiro atoms. The molecule has 1 aromatic rings. The predicted octanol–water partition coefficient (Wildman–Crippen LogP) is 1.58. The van der Waals surface area contributed by atoms with Crippen molar-refractivity contribution < 1.29 is 9.53 Å². The van der Waals surface area contributed by atoms with Gasteiger partial charge in [0.25, 0.3) is 0 Å². The van der Waals surface area contributed by atoms with Crippen molar-refractivity contribution in [1.82, 2.24) is 5.32 Å². The van der Waals surface area contributed by atoms with E-state index in [0.717, 1.165) is 15.8 Å². The van der Waals surface area contributed by atoms with Gasteiger partial charge in [-0.05, 0) is 33.6 Å². The molecule has 1 aliphatic rings. The third-order valence-electron chi connectivity index (χ3n) is 2.30. The van der Waals surface area contributed by atoms with Gasteiger partial charge in [-0.1, -0.05) is 6.07 Å². The summed E-state index contributed by atoms with van der Waals surface area (Å²) in [6.07, 6.45) is 0.